The van der Waals surface area contributed by atoms with Gasteiger partial charge in [-0.15, -0.1) is 0 Å². The second kappa shape index (κ2) is 9.01. The van der Waals surface area contributed by atoms with Crippen LogP contribution in [0.1, 0.15) is 34.2 Å². The topological polar surface area (TPSA) is 68.9 Å². The van der Waals surface area contributed by atoms with E-state index in [1.54, 1.807) is 13.0 Å². The van der Waals surface area contributed by atoms with E-state index in [1.807, 2.05) is 47.8 Å². The van der Waals surface area contributed by atoms with E-state index >= 15 is 0 Å². The second-order valence-electron chi connectivity index (χ2n) is 7.25. The Kier molecular flexibility index (Phi) is 6.46. The van der Waals surface area contributed by atoms with Crippen LogP contribution in [-0.2, 0) is 22.6 Å². The van der Waals surface area contributed by atoms with Gasteiger partial charge in [0.1, 0.15) is 13.1 Å². The minimum Gasteiger partial charge on any atom is -0.462 e. The number of hydrogen-bond acceptors (Lipinski definition) is 4. The number of piperazine rings is 1. The summed E-state index contributed by atoms with van der Waals surface area (Å²) < 4.78 is 7.01. The van der Waals surface area contributed by atoms with Crippen molar-refractivity contribution >= 4 is 11.9 Å². The van der Waals surface area contributed by atoms with Crippen LogP contribution < -0.4 is 4.90 Å². The first-order chi connectivity index (χ1) is 13.5. The summed E-state index contributed by atoms with van der Waals surface area (Å²) in [5, 5.41) is 0. The second-order valence-corrected chi connectivity index (χ2v) is 7.25. The van der Waals surface area contributed by atoms with Crippen LogP contribution in [0.4, 0.5) is 0 Å². The lowest BCUT2D eigenvalue weighted by molar-refractivity contribution is -0.917. The van der Waals surface area contributed by atoms with Crippen LogP contribution in [0.5, 0.6) is 0 Å². The Hall–Kier alpha value is -2.67. The lowest BCUT2D eigenvalue weighted by atomic mass is 10.2. The van der Waals surface area contributed by atoms with Crippen LogP contribution in [0.15, 0.2) is 30.6 Å². The quantitative estimate of drug-likeness (QED) is 0.740. The molecule has 7 nitrogen and oxygen atoms in total. The van der Waals surface area contributed by atoms with E-state index in [9.17, 15) is 9.59 Å². The number of nitrogens with one attached hydrogen (secondary N) is 1. The molecule has 3 heterocycles. The predicted octanol–water partition coefficient (Wildman–Crippen LogP) is 0.604. The maximum Gasteiger partial charge on any atom is 0.339 e. The molecule has 2 aromatic heterocycles. The summed E-state index contributed by atoms with van der Waals surface area (Å²) in [5.74, 6) is -0.234. The van der Waals surface area contributed by atoms with Gasteiger partial charge in [-0.1, -0.05) is 0 Å². The van der Waals surface area contributed by atoms with Crippen molar-refractivity contribution in [1.29, 1.82) is 0 Å². The lowest BCUT2D eigenvalue weighted by Gasteiger charge is -2.32. The van der Waals surface area contributed by atoms with Gasteiger partial charge in [0.15, 0.2) is 0 Å². The molecule has 1 aliphatic rings. The Morgan fingerprint density at radius 1 is 1.18 bits per heavy atom. The van der Waals surface area contributed by atoms with E-state index < -0.39 is 0 Å². The number of esters is 1. The molecule has 0 bridgehead atoms. The molecule has 1 amide bonds. The average Bonchev–Trinajstić information content (AvgIpc) is 2.98. The molecule has 28 heavy (non-hydrogen) atoms. The van der Waals surface area contributed by atoms with E-state index in [0.29, 0.717) is 12.2 Å². The Bertz CT molecular complexity index is 824. The van der Waals surface area contributed by atoms with Crippen molar-refractivity contribution in [1.82, 2.24) is 14.5 Å². The van der Waals surface area contributed by atoms with Crippen molar-refractivity contribution < 1.29 is 19.2 Å². The predicted molar refractivity (Wildman–Crippen MR) is 105 cm³/mol. The summed E-state index contributed by atoms with van der Waals surface area (Å²) >= 11 is 0. The first-order valence-corrected chi connectivity index (χ1v) is 9.83. The summed E-state index contributed by atoms with van der Waals surface area (Å²) in [5.41, 5.74) is 3.50. The van der Waals surface area contributed by atoms with Gasteiger partial charge in [0, 0.05) is 29.3 Å². The molecule has 1 aliphatic heterocycles. The third-order valence-corrected chi connectivity index (χ3v) is 5.39. The van der Waals surface area contributed by atoms with Gasteiger partial charge in [0.25, 0.3) is 0 Å². The summed E-state index contributed by atoms with van der Waals surface area (Å²) in [6.45, 7) is 10.5. The number of aryl methyl sites for hydroxylation is 1. The van der Waals surface area contributed by atoms with E-state index in [2.05, 4.69) is 4.98 Å². The van der Waals surface area contributed by atoms with Crippen molar-refractivity contribution in [3.8, 4) is 0 Å². The van der Waals surface area contributed by atoms with Gasteiger partial charge in [-0.05, 0) is 39.0 Å². The zero-order chi connectivity index (χ0) is 20.1. The summed E-state index contributed by atoms with van der Waals surface area (Å²) in [4.78, 5) is 32.3. The van der Waals surface area contributed by atoms with Gasteiger partial charge in [-0.2, -0.15) is 0 Å². The van der Waals surface area contributed by atoms with E-state index in [0.717, 1.165) is 44.1 Å². The molecule has 0 radical (unpaired) electrons. The molecule has 3 rings (SSSR count). The van der Waals surface area contributed by atoms with Crippen LogP contribution >= 0.6 is 0 Å². The van der Waals surface area contributed by atoms with Crippen molar-refractivity contribution in [3.05, 3.63) is 53.1 Å². The molecule has 1 fully saturated rings. The Balaban J connectivity index is 1.57. The molecule has 1 saturated heterocycles. The fourth-order valence-electron chi connectivity index (χ4n) is 3.73. The monoisotopic (exact) mass is 385 g/mol. The number of carbonyl (C=O) groups is 2. The fraction of sp³-hybridized carbons (Fsp3) is 0.476. The molecule has 7 heteroatoms. The van der Waals surface area contributed by atoms with Gasteiger partial charge in [-0.3, -0.25) is 9.78 Å². The molecule has 0 aliphatic carbocycles. The largest absolute Gasteiger partial charge is 0.462 e. The number of hydrogen-bond donors (Lipinski definition) is 1. The van der Waals surface area contributed by atoms with Crippen LogP contribution in [0, 0.1) is 13.8 Å². The van der Waals surface area contributed by atoms with E-state index in [1.165, 1.54) is 10.5 Å². The molecular formula is C21H29N4O3+. The summed E-state index contributed by atoms with van der Waals surface area (Å²) in [7, 11) is 0. The van der Waals surface area contributed by atoms with Crippen LogP contribution in [0.2, 0.25) is 0 Å². The molecule has 150 valence electrons. The molecule has 0 atom stereocenters. The molecule has 1 N–H and O–H groups in total. The van der Waals surface area contributed by atoms with Crippen molar-refractivity contribution in [2.24, 2.45) is 0 Å². The molecular weight excluding hydrogens is 356 g/mol. The van der Waals surface area contributed by atoms with Gasteiger partial charge < -0.3 is 19.1 Å². The first-order valence-electron chi connectivity index (χ1n) is 9.83. The van der Waals surface area contributed by atoms with E-state index in [4.69, 9.17) is 4.74 Å². The van der Waals surface area contributed by atoms with Crippen molar-refractivity contribution in [2.75, 3.05) is 32.8 Å². The molecule has 2 aromatic rings. The lowest BCUT2D eigenvalue weighted by Crippen LogP contribution is -3.13. The number of ether oxygens (including phenoxy) is 1. The third-order valence-electron chi connectivity index (χ3n) is 5.39. The van der Waals surface area contributed by atoms with Crippen LogP contribution in [0.25, 0.3) is 0 Å². The molecule has 0 spiro atoms. The number of carbonyl (C=O) groups excluding carboxylic acids is 2. The molecule has 0 saturated carbocycles. The Morgan fingerprint density at radius 2 is 1.86 bits per heavy atom. The maximum absolute atomic E-state index is 12.8. The normalized spacial score (nSPS) is 14.9. The van der Waals surface area contributed by atoms with Crippen molar-refractivity contribution in [2.45, 2.75) is 33.9 Å². The Morgan fingerprint density at radius 3 is 2.50 bits per heavy atom. The van der Waals surface area contributed by atoms with Crippen LogP contribution in [0.3, 0.4) is 0 Å². The van der Waals surface area contributed by atoms with Crippen molar-refractivity contribution in [3.63, 3.8) is 0 Å². The zero-order valence-corrected chi connectivity index (χ0v) is 16.9. The van der Waals surface area contributed by atoms with Gasteiger partial charge in [-0.25, -0.2) is 4.79 Å². The minimum atomic E-state index is -0.331. The fourth-order valence-corrected chi connectivity index (χ4v) is 3.73. The summed E-state index contributed by atoms with van der Waals surface area (Å²) in [6, 6.07) is 5.89. The number of aromatic nitrogens is 2. The third kappa shape index (κ3) is 4.59. The number of amides is 1. The maximum atomic E-state index is 12.8. The molecule has 0 aromatic carbocycles. The molecule has 0 unspecified atom stereocenters. The highest BCUT2D eigenvalue weighted by atomic mass is 16.5. The zero-order valence-electron chi connectivity index (χ0n) is 16.9. The number of rotatable bonds is 6. The SMILES string of the molecule is CCOC(=O)c1cc(C)n(CC(=O)N2CC[NH+](Cc3ccncc3)CC2)c1C. The first kappa shape index (κ1) is 20.1. The smallest absolute Gasteiger partial charge is 0.339 e. The highest BCUT2D eigenvalue weighted by Gasteiger charge is 2.25. The van der Waals surface area contributed by atoms with Gasteiger partial charge in [0.05, 0.1) is 38.3 Å². The van der Waals surface area contributed by atoms with Gasteiger partial charge in [0.2, 0.25) is 5.91 Å². The van der Waals surface area contributed by atoms with Crippen LogP contribution in [-0.4, -0.2) is 59.1 Å². The Labute approximate surface area is 165 Å². The highest BCUT2D eigenvalue weighted by molar-refractivity contribution is 5.91. The minimum absolute atomic E-state index is 0.0974. The number of nitrogens with zero attached hydrogens (tertiary/aromatic N) is 3. The number of pyridine rings is 1. The highest BCUT2D eigenvalue weighted by Crippen LogP contribution is 2.16. The van der Waals surface area contributed by atoms with E-state index in [-0.39, 0.29) is 18.4 Å². The standard InChI is InChI=1S/C21H28N4O3/c1-4-28-21(27)19-13-16(2)25(17(19)3)15-20(26)24-11-9-23(10-12-24)14-18-5-7-22-8-6-18/h5-8,13H,4,9-12,14-15H2,1-3H3/p+1. The van der Waals surface area contributed by atoms with Gasteiger partial charge >= 0.3 is 5.97 Å². The summed E-state index contributed by atoms with van der Waals surface area (Å²) in [6.07, 6.45) is 3.64. The number of quaternary nitrogens is 1. The average molecular weight is 385 g/mol.